The summed E-state index contributed by atoms with van der Waals surface area (Å²) in [5, 5.41) is 4.60. The number of benzene rings is 1. The maximum absolute atomic E-state index is 12.6. The molecule has 13 heteroatoms. The van der Waals surface area contributed by atoms with Crippen molar-refractivity contribution in [2.24, 2.45) is 11.7 Å². The molecule has 10 nitrogen and oxygen atoms in total. The summed E-state index contributed by atoms with van der Waals surface area (Å²) in [5.41, 5.74) is 6.49. The second kappa shape index (κ2) is 12.3. The summed E-state index contributed by atoms with van der Waals surface area (Å²) < 4.78 is 30.3. The molecule has 2 aromatic heterocycles. The van der Waals surface area contributed by atoms with E-state index in [1.54, 1.807) is 48.7 Å². The standard InChI is InChI=1S/C23H27N5O5S3/c1-14(2)13-33-16-9-5-4-8-15(16)26-17(29)12-18(30)27-23-28-20(21(24)36(3,31)32)22(35-23)34-19-10-6-7-11-25-19/h4-11,14,21H,12-13,24H2,1-3H3,(H,26,29)(H,27,28,30). The fraction of sp³-hybridized carbons (Fsp3) is 0.304. The van der Waals surface area contributed by atoms with Gasteiger partial charge in [-0.25, -0.2) is 18.4 Å². The fourth-order valence-electron chi connectivity index (χ4n) is 2.79. The number of carbonyl (C=O) groups is 2. The molecule has 4 N–H and O–H groups in total. The van der Waals surface area contributed by atoms with Gasteiger partial charge in [0, 0.05) is 12.5 Å². The van der Waals surface area contributed by atoms with Gasteiger partial charge in [0.15, 0.2) is 20.3 Å². The highest BCUT2D eigenvalue weighted by Gasteiger charge is 2.27. The number of hydrogen-bond donors (Lipinski definition) is 3. The number of anilines is 2. The number of nitrogens with zero attached hydrogens (tertiary/aromatic N) is 2. The molecule has 0 radical (unpaired) electrons. The van der Waals surface area contributed by atoms with Crippen LogP contribution in [-0.2, 0) is 19.4 Å². The quantitative estimate of drug-likeness (QED) is 0.304. The summed E-state index contributed by atoms with van der Waals surface area (Å²) >= 11 is 2.24. The van der Waals surface area contributed by atoms with Crippen LogP contribution in [0.5, 0.6) is 5.75 Å². The number of pyridine rings is 1. The van der Waals surface area contributed by atoms with E-state index in [1.807, 2.05) is 13.8 Å². The van der Waals surface area contributed by atoms with E-state index in [-0.39, 0.29) is 10.8 Å². The van der Waals surface area contributed by atoms with Crippen LogP contribution in [0.3, 0.4) is 0 Å². The topological polar surface area (TPSA) is 153 Å². The average Bonchev–Trinajstić information content (AvgIpc) is 3.19. The molecule has 1 aromatic carbocycles. The number of ether oxygens (including phenoxy) is 1. The highest BCUT2D eigenvalue weighted by atomic mass is 32.2. The van der Waals surface area contributed by atoms with Crippen LogP contribution in [0, 0.1) is 5.92 Å². The molecule has 0 saturated heterocycles. The van der Waals surface area contributed by atoms with Crippen molar-refractivity contribution in [3.8, 4) is 5.75 Å². The van der Waals surface area contributed by atoms with Crippen molar-refractivity contribution in [2.75, 3.05) is 23.5 Å². The molecule has 0 fully saturated rings. The predicted molar refractivity (Wildman–Crippen MR) is 141 cm³/mol. The van der Waals surface area contributed by atoms with Gasteiger partial charge in [-0.2, -0.15) is 0 Å². The Morgan fingerprint density at radius 3 is 2.47 bits per heavy atom. The summed E-state index contributed by atoms with van der Waals surface area (Å²) in [7, 11) is -3.65. The highest BCUT2D eigenvalue weighted by Crippen LogP contribution is 2.39. The fourth-order valence-corrected chi connectivity index (χ4v) is 5.66. The lowest BCUT2D eigenvalue weighted by Crippen LogP contribution is -2.23. The lowest BCUT2D eigenvalue weighted by molar-refractivity contribution is -0.123. The normalized spacial score (nSPS) is 12.2. The summed E-state index contributed by atoms with van der Waals surface area (Å²) in [6.07, 6.45) is 2.14. The third-order valence-corrected chi connectivity index (χ3v) is 7.76. The Labute approximate surface area is 218 Å². The summed E-state index contributed by atoms with van der Waals surface area (Å²) in [4.78, 5) is 33.5. The Kier molecular flexibility index (Phi) is 9.43. The molecule has 1 atom stereocenters. The molecular weight excluding hydrogens is 522 g/mol. The first-order chi connectivity index (χ1) is 17.0. The average molecular weight is 550 g/mol. The number of para-hydroxylation sites is 2. The van der Waals surface area contributed by atoms with Crippen LogP contribution in [0.2, 0.25) is 0 Å². The first-order valence-corrected chi connectivity index (χ1v) is 14.5. The van der Waals surface area contributed by atoms with Crippen molar-refractivity contribution in [1.82, 2.24) is 9.97 Å². The zero-order valence-corrected chi connectivity index (χ0v) is 22.4. The van der Waals surface area contributed by atoms with E-state index in [0.29, 0.717) is 33.2 Å². The number of nitrogens with two attached hydrogens (primary N) is 1. The third-order valence-electron chi connectivity index (χ3n) is 4.49. The van der Waals surface area contributed by atoms with Gasteiger partial charge in [-0.15, -0.1) is 0 Å². The number of aromatic nitrogens is 2. The van der Waals surface area contributed by atoms with Crippen LogP contribution in [0.15, 0.2) is 57.9 Å². The van der Waals surface area contributed by atoms with Crippen molar-refractivity contribution in [1.29, 1.82) is 0 Å². The van der Waals surface area contributed by atoms with Gasteiger partial charge in [0.1, 0.15) is 22.9 Å². The van der Waals surface area contributed by atoms with E-state index in [2.05, 4.69) is 20.6 Å². The van der Waals surface area contributed by atoms with E-state index in [0.717, 1.165) is 17.6 Å². The minimum absolute atomic E-state index is 0.106. The van der Waals surface area contributed by atoms with Gasteiger partial charge in [0.25, 0.3) is 0 Å². The zero-order valence-electron chi connectivity index (χ0n) is 19.9. The molecule has 36 heavy (non-hydrogen) atoms. The monoisotopic (exact) mass is 549 g/mol. The SMILES string of the molecule is CC(C)COc1ccccc1NC(=O)CC(=O)Nc1nc(C(N)S(C)(=O)=O)c(Sc2ccccn2)s1. The summed E-state index contributed by atoms with van der Waals surface area (Å²) in [5.74, 6) is -0.341. The molecule has 3 aromatic rings. The number of sulfone groups is 1. The third kappa shape index (κ3) is 8.01. The number of amides is 2. The summed E-state index contributed by atoms with van der Waals surface area (Å²) in [6.45, 7) is 4.51. The van der Waals surface area contributed by atoms with E-state index >= 15 is 0 Å². The maximum atomic E-state index is 12.6. The van der Waals surface area contributed by atoms with Crippen LogP contribution >= 0.6 is 23.1 Å². The molecular formula is C23H27N5O5S3. The van der Waals surface area contributed by atoms with Gasteiger partial charge in [0.2, 0.25) is 11.8 Å². The van der Waals surface area contributed by atoms with Crippen molar-refractivity contribution >= 4 is 55.6 Å². The molecule has 192 valence electrons. The van der Waals surface area contributed by atoms with Crippen molar-refractivity contribution in [3.63, 3.8) is 0 Å². The van der Waals surface area contributed by atoms with Crippen molar-refractivity contribution in [3.05, 3.63) is 54.4 Å². The van der Waals surface area contributed by atoms with E-state index in [9.17, 15) is 18.0 Å². The molecule has 0 aliphatic rings. The first kappa shape index (κ1) is 27.6. The van der Waals surface area contributed by atoms with Crippen LogP contribution in [0.4, 0.5) is 10.8 Å². The highest BCUT2D eigenvalue weighted by molar-refractivity contribution is 8.01. The smallest absolute Gasteiger partial charge is 0.235 e. The van der Waals surface area contributed by atoms with Gasteiger partial charge >= 0.3 is 0 Å². The molecule has 0 spiro atoms. The Bertz CT molecular complexity index is 1310. The molecule has 1 unspecified atom stereocenters. The minimum atomic E-state index is -3.65. The van der Waals surface area contributed by atoms with Gasteiger partial charge in [0.05, 0.1) is 16.5 Å². The van der Waals surface area contributed by atoms with Crippen molar-refractivity contribution in [2.45, 2.75) is 34.9 Å². The number of thiazole rings is 1. The Morgan fingerprint density at radius 1 is 1.11 bits per heavy atom. The number of carbonyl (C=O) groups excluding carboxylic acids is 2. The number of rotatable bonds is 11. The van der Waals surface area contributed by atoms with Crippen molar-refractivity contribution < 1.29 is 22.7 Å². The molecule has 0 saturated carbocycles. The Morgan fingerprint density at radius 2 is 1.81 bits per heavy atom. The van der Waals surface area contributed by atoms with Crippen LogP contribution in [0.25, 0.3) is 0 Å². The largest absolute Gasteiger partial charge is 0.491 e. The van der Waals surface area contributed by atoms with Gasteiger partial charge in [-0.1, -0.05) is 55.1 Å². The zero-order chi connectivity index (χ0) is 26.3. The molecule has 0 aliphatic carbocycles. The van der Waals surface area contributed by atoms with E-state index in [4.69, 9.17) is 10.5 Å². The minimum Gasteiger partial charge on any atom is -0.491 e. The Balaban J connectivity index is 1.70. The van der Waals surface area contributed by atoms with Crippen LogP contribution in [-0.4, -0.2) is 43.1 Å². The van der Waals surface area contributed by atoms with Crippen LogP contribution < -0.4 is 21.1 Å². The first-order valence-electron chi connectivity index (χ1n) is 10.9. The van der Waals surface area contributed by atoms with Gasteiger partial charge < -0.3 is 21.1 Å². The van der Waals surface area contributed by atoms with E-state index < -0.39 is 33.4 Å². The Hall–Kier alpha value is -3.00. The lowest BCUT2D eigenvalue weighted by Gasteiger charge is -2.13. The number of nitrogens with one attached hydrogen (secondary N) is 2. The van der Waals surface area contributed by atoms with Gasteiger partial charge in [-0.05, 0) is 30.2 Å². The lowest BCUT2D eigenvalue weighted by atomic mass is 10.2. The molecule has 0 aliphatic heterocycles. The van der Waals surface area contributed by atoms with Crippen LogP contribution in [0.1, 0.15) is 31.3 Å². The molecule has 0 bridgehead atoms. The second-order valence-electron chi connectivity index (χ2n) is 8.19. The predicted octanol–water partition coefficient (Wildman–Crippen LogP) is 3.69. The second-order valence-corrected chi connectivity index (χ2v) is 12.6. The summed E-state index contributed by atoms with van der Waals surface area (Å²) in [6, 6.07) is 12.3. The maximum Gasteiger partial charge on any atom is 0.235 e. The number of hydrogen-bond acceptors (Lipinski definition) is 10. The molecule has 2 heterocycles. The van der Waals surface area contributed by atoms with E-state index in [1.165, 1.54) is 11.8 Å². The molecule has 3 rings (SSSR count). The van der Waals surface area contributed by atoms with Gasteiger partial charge in [-0.3, -0.25) is 9.59 Å². The molecule has 2 amide bonds.